The second kappa shape index (κ2) is 5.23. The van der Waals surface area contributed by atoms with Crippen molar-refractivity contribution in [3.8, 4) is 0 Å². The van der Waals surface area contributed by atoms with Gasteiger partial charge in [-0.1, -0.05) is 36.2 Å². The zero-order valence-electron chi connectivity index (χ0n) is 15.3. The van der Waals surface area contributed by atoms with E-state index in [-0.39, 0.29) is 10.4 Å². The molecule has 0 aromatic heterocycles. The fourth-order valence-electron chi connectivity index (χ4n) is 8.49. The van der Waals surface area contributed by atoms with Gasteiger partial charge in [-0.25, -0.2) is 0 Å². The summed E-state index contributed by atoms with van der Waals surface area (Å²) in [7, 11) is 0. The number of halogens is 1. The third kappa shape index (κ3) is 1.80. The van der Waals surface area contributed by atoms with Crippen LogP contribution in [0.2, 0.25) is 0 Å². The Bertz CT molecular complexity index is 538. The molecule has 5 rings (SSSR count). The lowest BCUT2D eigenvalue weighted by Gasteiger charge is -2.62. The molecule has 1 aliphatic heterocycles. The summed E-state index contributed by atoms with van der Waals surface area (Å²) >= 11 is 4.19. The third-order valence-corrected chi connectivity index (χ3v) is 11.3. The lowest BCUT2D eigenvalue weighted by Crippen LogP contribution is -2.63. The van der Waals surface area contributed by atoms with E-state index in [9.17, 15) is 5.11 Å². The number of hydrogen-bond acceptors (Lipinski definition) is 2. The summed E-state index contributed by atoms with van der Waals surface area (Å²) in [5.74, 6) is 3.56. The number of rotatable bonds is 1. The molecule has 2 bridgehead atoms. The number of aliphatic hydroxyl groups is 1. The Morgan fingerprint density at radius 3 is 2.75 bits per heavy atom. The maximum Gasteiger partial charge on any atom is 0.0738 e. The average Bonchev–Trinajstić information content (AvgIpc) is 2.96. The van der Waals surface area contributed by atoms with Gasteiger partial charge in [0.2, 0.25) is 0 Å². The summed E-state index contributed by atoms with van der Waals surface area (Å²) in [5.41, 5.74) is 0.887. The minimum atomic E-state index is -0.136. The van der Waals surface area contributed by atoms with E-state index in [4.69, 9.17) is 4.74 Å². The van der Waals surface area contributed by atoms with Gasteiger partial charge < -0.3 is 9.84 Å². The van der Waals surface area contributed by atoms with E-state index >= 15 is 0 Å². The zero-order chi connectivity index (χ0) is 16.7. The van der Waals surface area contributed by atoms with Crippen LogP contribution >= 0.6 is 15.9 Å². The molecule has 24 heavy (non-hydrogen) atoms. The third-order valence-electron chi connectivity index (χ3n) is 9.66. The zero-order valence-corrected chi connectivity index (χ0v) is 16.9. The van der Waals surface area contributed by atoms with Gasteiger partial charge in [-0.2, -0.15) is 0 Å². The van der Waals surface area contributed by atoms with Gasteiger partial charge in [0.1, 0.15) is 0 Å². The summed E-state index contributed by atoms with van der Waals surface area (Å²) in [6.45, 7) is 5.97. The molecule has 5 fully saturated rings. The molecule has 136 valence electrons. The van der Waals surface area contributed by atoms with Crippen molar-refractivity contribution in [2.75, 3.05) is 6.61 Å². The average molecular weight is 397 g/mol. The van der Waals surface area contributed by atoms with Crippen molar-refractivity contribution < 1.29 is 9.84 Å². The monoisotopic (exact) mass is 396 g/mol. The maximum atomic E-state index is 10.3. The van der Waals surface area contributed by atoms with Crippen molar-refractivity contribution in [3.63, 3.8) is 0 Å². The molecule has 2 nitrogen and oxygen atoms in total. The highest BCUT2D eigenvalue weighted by Crippen LogP contribution is 2.72. The van der Waals surface area contributed by atoms with E-state index in [1.165, 1.54) is 38.5 Å². The van der Waals surface area contributed by atoms with Gasteiger partial charge in [-0.3, -0.25) is 0 Å². The molecule has 5 aliphatic rings. The Hall–Kier alpha value is 0.400. The van der Waals surface area contributed by atoms with Gasteiger partial charge in [0.15, 0.2) is 0 Å². The van der Waals surface area contributed by atoms with Crippen LogP contribution in [0.4, 0.5) is 0 Å². The topological polar surface area (TPSA) is 29.5 Å². The molecule has 4 saturated carbocycles. The fourth-order valence-corrected chi connectivity index (χ4v) is 9.79. The minimum absolute atomic E-state index is 0.0509. The number of aliphatic hydroxyl groups excluding tert-OH is 1. The Balaban J connectivity index is 1.53. The Kier molecular flexibility index (Phi) is 3.61. The van der Waals surface area contributed by atoms with E-state index in [0.29, 0.717) is 16.9 Å². The van der Waals surface area contributed by atoms with Crippen molar-refractivity contribution in [1.82, 2.24) is 0 Å². The molecule has 1 N–H and O–H groups in total. The summed E-state index contributed by atoms with van der Waals surface area (Å²) < 4.78 is 6.49. The summed E-state index contributed by atoms with van der Waals surface area (Å²) in [4.78, 5) is 0. The first kappa shape index (κ1) is 16.6. The number of ether oxygens (including phenoxy) is 1. The summed E-state index contributed by atoms with van der Waals surface area (Å²) in [6, 6.07) is 0. The van der Waals surface area contributed by atoms with Crippen LogP contribution in [0.15, 0.2) is 0 Å². The van der Waals surface area contributed by atoms with E-state index in [2.05, 4.69) is 29.8 Å². The van der Waals surface area contributed by atoms with Gasteiger partial charge in [0, 0.05) is 5.41 Å². The summed E-state index contributed by atoms with van der Waals surface area (Å²) in [6.07, 6.45) is 11.6. The molecular weight excluding hydrogens is 364 g/mol. The van der Waals surface area contributed by atoms with Gasteiger partial charge in [-0.05, 0) is 80.5 Å². The van der Waals surface area contributed by atoms with Gasteiger partial charge >= 0.3 is 0 Å². The molecule has 1 saturated heterocycles. The van der Waals surface area contributed by atoms with E-state index in [0.717, 1.165) is 49.5 Å². The number of alkyl halides is 1. The van der Waals surface area contributed by atoms with Gasteiger partial charge in [-0.15, -0.1) is 0 Å². The van der Waals surface area contributed by atoms with Crippen molar-refractivity contribution >= 4 is 15.9 Å². The normalized spacial score (nSPS) is 62.0. The molecule has 0 aromatic carbocycles. The van der Waals surface area contributed by atoms with Gasteiger partial charge in [0.05, 0.1) is 23.1 Å². The lowest BCUT2D eigenvalue weighted by molar-refractivity contribution is -0.102. The predicted octanol–water partition coefficient (Wildman–Crippen LogP) is 4.92. The fraction of sp³-hybridized carbons (Fsp3) is 1.00. The van der Waals surface area contributed by atoms with E-state index in [1.54, 1.807) is 0 Å². The number of fused-ring (bicyclic) bond motifs is 3. The Morgan fingerprint density at radius 2 is 1.96 bits per heavy atom. The molecular formula is C21H33BrO2. The first-order chi connectivity index (χ1) is 11.4. The van der Waals surface area contributed by atoms with Crippen molar-refractivity contribution in [3.05, 3.63) is 0 Å². The minimum Gasteiger partial charge on any atom is -0.393 e. The van der Waals surface area contributed by atoms with E-state index < -0.39 is 0 Å². The van der Waals surface area contributed by atoms with Crippen molar-refractivity contribution in [2.24, 2.45) is 34.5 Å². The van der Waals surface area contributed by atoms with E-state index in [1.807, 2.05) is 0 Å². The largest absolute Gasteiger partial charge is 0.393 e. The van der Waals surface area contributed by atoms with Crippen LogP contribution in [-0.4, -0.2) is 28.2 Å². The Labute approximate surface area is 155 Å². The quantitative estimate of drug-likeness (QED) is 0.637. The predicted molar refractivity (Wildman–Crippen MR) is 99.1 cm³/mol. The Morgan fingerprint density at radius 1 is 1.12 bits per heavy atom. The van der Waals surface area contributed by atoms with Crippen LogP contribution in [0, 0.1) is 34.5 Å². The first-order valence-electron chi connectivity index (χ1n) is 10.4. The molecule has 9 atom stereocenters. The molecule has 0 spiro atoms. The van der Waals surface area contributed by atoms with Crippen LogP contribution in [-0.2, 0) is 4.74 Å². The van der Waals surface area contributed by atoms with Crippen LogP contribution in [0.5, 0.6) is 0 Å². The number of hydrogen-bond donors (Lipinski definition) is 1. The summed E-state index contributed by atoms with van der Waals surface area (Å²) in [5, 5.41) is 10.3. The highest BCUT2D eigenvalue weighted by Gasteiger charge is 2.71. The lowest BCUT2D eigenvalue weighted by atomic mass is 9.44. The van der Waals surface area contributed by atoms with Crippen molar-refractivity contribution in [2.45, 2.75) is 88.2 Å². The van der Waals surface area contributed by atoms with Crippen LogP contribution in [0.1, 0.15) is 71.6 Å². The second-order valence-electron chi connectivity index (χ2n) is 10.1. The molecule has 0 aromatic rings. The molecule has 3 heteroatoms. The van der Waals surface area contributed by atoms with Crippen LogP contribution in [0.3, 0.4) is 0 Å². The smallest absolute Gasteiger partial charge is 0.0738 e. The molecule has 1 heterocycles. The SMILES string of the molecule is CC[C@H]1CC[C@H]2[C@@H]3CC4OC[C@@]5(CC[C@H](O)C[C@]45Br)[C@H]3CC[C@]12C. The second-order valence-corrected chi connectivity index (χ2v) is 11.5. The molecule has 0 amide bonds. The maximum absolute atomic E-state index is 10.3. The first-order valence-corrected chi connectivity index (χ1v) is 11.2. The van der Waals surface area contributed by atoms with Crippen LogP contribution in [0.25, 0.3) is 0 Å². The molecule has 4 aliphatic carbocycles. The van der Waals surface area contributed by atoms with Crippen LogP contribution < -0.4 is 0 Å². The highest BCUT2D eigenvalue weighted by atomic mass is 79.9. The molecule has 1 unspecified atom stereocenters. The molecule has 0 radical (unpaired) electrons. The van der Waals surface area contributed by atoms with Crippen molar-refractivity contribution in [1.29, 1.82) is 0 Å². The van der Waals surface area contributed by atoms with Gasteiger partial charge in [0.25, 0.3) is 0 Å². The standard InChI is InChI=1S/C21H33BrO2/c1-3-13-4-5-16-15-10-18-21(22)11-14(23)6-9-20(21,12-24-18)17(15)7-8-19(13,16)2/h13-18,23H,3-12H2,1-2H3/t13-,14-,15-,16-,17-,18?,19+,20-,21-/m0/s1. The highest BCUT2D eigenvalue weighted by molar-refractivity contribution is 9.10.